The van der Waals surface area contributed by atoms with Gasteiger partial charge in [0, 0.05) is 12.1 Å². The lowest BCUT2D eigenvalue weighted by Crippen LogP contribution is -2.23. The number of carbonyl (C=O) groups excluding carboxylic acids is 2. The van der Waals surface area contributed by atoms with Gasteiger partial charge in [0.2, 0.25) is 5.91 Å². The standard InChI is InChI=1S/C21H18F4N2O3/c1-2-30-20(29)14-5-3-13(4-6-14)9-10-27-19(28)12-18(26-27)16-11-15(21(23,24)25)7-8-17(16)22/h3-8,11H,2,9-10,12H2,1H3. The number of carbonyl (C=O) groups is 2. The molecule has 1 heterocycles. The van der Waals surface area contributed by atoms with Crippen molar-refractivity contribution < 1.29 is 31.9 Å². The fourth-order valence-electron chi connectivity index (χ4n) is 2.97. The van der Waals surface area contributed by atoms with Gasteiger partial charge in [-0.25, -0.2) is 14.2 Å². The Hall–Kier alpha value is -3.23. The van der Waals surface area contributed by atoms with Crippen LogP contribution in [-0.4, -0.2) is 35.7 Å². The number of esters is 1. The molecule has 0 atom stereocenters. The molecule has 0 fully saturated rings. The van der Waals surface area contributed by atoms with Crippen LogP contribution in [-0.2, 0) is 22.1 Å². The minimum absolute atomic E-state index is 0.0405. The maximum absolute atomic E-state index is 14.1. The minimum atomic E-state index is -4.62. The first-order valence-electron chi connectivity index (χ1n) is 9.20. The van der Waals surface area contributed by atoms with E-state index in [2.05, 4.69) is 5.10 Å². The third kappa shape index (κ3) is 4.84. The van der Waals surface area contributed by atoms with Crippen molar-refractivity contribution in [1.29, 1.82) is 0 Å². The van der Waals surface area contributed by atoms with Crippen molar-refractivity contribution in [1.82, 2.24) is 5.01 Å². The van der Waals surface area contributed by atoms with Crippen LogP contribution in [0, 0.1) is 5.82 Å². The number of ether oxygens (including phenoxy) is 1. The van der Waals surface area contributed by atoms with Gasteiger partial charge in [0.05, 0.1) is 29.9 Å². The Morgan fingerprint density at radius 1 is 1.17 bits per heavy atom. The molecule has 1 aliphatic heterocycles. The molecule has 0 spiro atoms. The molecule has 2 aromatic carbocycles. The first-order chi connectivity index (χ1) is 14.2. The molecule has 0 radical (unpaired) electrons. The summed E-state index contributed by atoms with van der Waals surface area (Å²) < 4.78 is 57.7. The SMILES string of the molecule is CCOC(=O)c1ccc(CCN2N=C(c3cc(C(F)(F)F)ccc3F)CC2=O)cc1. The Morgan fingerprint density at radius 2 is 1.87 bits per heavy atom. The van der Waals surface area contributed by atoms with E-state index >= 15 is 0 Å². The molecule has 0 bridgehead atoms. The van der Waals surface area contributed by atoms with Crippen molar-refractivity contribution in [2.45, 2.75) is 25.9 Å². The highest BCUT2D eigenvalue weighted by Gasteiger charge is 2.33. The highest BCUT2D eigenvalue weighted by molar-refractivity contribution is 6.13. The average molecular weight is 422 g/mol. The van der Waals surface area contributed by atoms with E-state index in [1.54, 1.807) is 31.2 Å². The molecule has 30 heavy (non-hydrogen) atoms. The van der Waals surface area contributed by atoms with Crippen LogP contribution in [0.15, 0.2) is 47.6 Å². The van der Waals surface area contributed by atoms with E-state index in [1.807, 2.05) is 0 Å². The van der Waals surface area contributed by atoms with E-state index in [4.69, 9.17) is 4.74 Å². The lowest BCUT2D eigenvalue weighted by molar-refractivity contribution is -0.137. The lowest BCUT2D eigenvalue weighted by atomic mass is 10.0. The van der Waals surface area contributed by atoms with Crippen molar-refractivity contribution in [3.8, 4) is 0 Å². The summed E-state index contributed by atoms with van der Waals surface area (Å²) in [6.45, 7) is 2.14. The van der Waals surface area contributed by atoms with E-state index in [1.165, 1.54) is 0 Å². The molecule has 1 amide bonds. The van der Waals surface area contributed by atoms with E-state index < -0.39 is 29.4 Å². The lowest BCUT2D eigenvalue weighted by Gasteiger charge is -2.12. The van der Waals surface area contributed by atoms with Crippen molar-refractivity contribution >= 4 is 17.6 Å². The van der Waals surface area contributed by atoms with Gasteiger partial charge in [0.15, 0.2) is 0 Å². The molecule has 0 saturated carbocycles. The fourth-order valence-corrected chi connectivity index (χ4v) is 2.97. The van der Waals surface area contributed by atoms with Crippen LogP contribution in [0.3, 0.4) is 0 Å². The predicted octanol–water partition coefficient (Wildman–Crippen LogP) is 4.20. The zero-order chi connectivity index (χ0) is 21.9. The van der Waals surface area contributed by atoms with Crippen LogP contribution in [0.25, 0.3) is 0 Å². The van der Waals surface area contributed by atoms with Gasteiger partial charge in [-0.2, -0.15) is 18.3 Å². The number of nitrogens with zero attached hydrogens (tertiary/aromatic N) is 2. The third-order valence-electron chi connectivity index (χ3n) is 4.53. The van der Waals surface area contributed by atoms with Crippen LogP contribution >= 0.6 is 0 Å². The summed E-state index contributed by atoms with van der Waals surface area (Å²) in [6, 6.07) is 8.66. The maximum Gasteiger partial charge on any atom is 0.416 e. The van der Waals surface area contributed by atoms with Crippen molar-refractivity contribution in [3.63, 3.8) is 0 Å². The third-order valence-corrected chi connectivity index (χ3v) is 4.53. The zero-order valence-corrected chi connectivity index (χ0v) is 16.0. The molecule has 3 rings (SSSR count). The Balaban J connectivity index is 1.70. The van der Waals surface area contributed by atoms with Crippen molar-refractivity contribution in [3.05, 3.63) is 70.5 Å². The Bertz CT molecular complexity index is 985. The van der Waals surface area contributed by atoms with Crippen LogP contribution in [0.2, 0.25) is 0 Å². The van der Waals surface area contributed by atoms with Crippen LogP contribution < -0.4 is 0 Å². The highest BCUT2D eigenvalue weighted by Crippen LogP contribution is 2.31. The van der Waals surface area contributed by atoms with Gasteiger partial charge in [-0.3, -0.25) is 4.79 Å². The van der Waals surface area contributed by atoms with Gasteiger partial charge < -0.3 is 4.74 Å². The number of hydrogen-bond acceptors (Lipinski definition) is 4. The second-order valence-corrected chi connectivity index (χ2v) is 6.60. The number of amides is 1. The van der Waals surface area contributed by atoms with Crippen LogP contribution in [0.1, 0.15) is 40.4 Å². The van der Waals surface area contributed by atoms with Crippen molar-refractivity contribution in [2.24, 2.45) is 5.10 Å². The van der Waals surface area contributed by atoms with E-state index in [9.17, 15) is 27.2 Å². The molecule has 1 aliphatic rings. The molecular formula is C21H18F4N2O3. The number of alkyl halides is 3. The van der Waals surface area contributed by atoms with Gasteiger partial charge >= 0.3 is 12.1 Å². The second kappa shape index (κ2) is 8.64. The summed E-state index contributed by atoms with van der Waals surface area (Å²) in [5.74, 6) is -1.73. The molecule has 158 valence electrons. The van der Waals surface area contributed by atoms with E-state index in [-0.39, 0.29) is 30.8 Å². The molecule has 9 heteroatoms. The molecule has 0 N–H and O–H groups in total. The maximum atomic E-state index is 14.1. The number of halogens is 4. The Labute approximate surface area is 169 Å². The average Bonchev–Trinajstić information content (AvgIpc) is 3.06. The molecular weight excluding hydrogens is 404 g/mol. The summed E-state index contributed by atoms with van der Waals surface area (Å²) in [6.07, 6.45) is -4.50. The zero-order valence-electron chi connectivity index (χ0n) is 16.0. The topological polar surface area (TPSA) is 59.0 Å². The van der Waals surface area contributed by atoms with E-state index in [0.29, 0.717) is 24.1 Å². The summed E-state index contributed by atoms with van der Waals surface area (Å²) in [5, 5.41) is 5.15. The van der Waals surface area contributed by atoms with Gasteiger partial charge in [0.1, 0.15) is 5.82 Å². The smallest absolute Gasteiger partial charge is 0.416 e. The summed E-state index contributed by atoms with van der Waals surface area (Å²) in [5.41, 5.74) is -0.155. The molecule has 2 aromatic rings. The monoisotopic (exact) mass is 422 g/mol. The van der Waals surface area contributed by atoms with Crippen LogP contribution in [0.5, 0.6) is 0 Å². The summed E-state index contributed by atoms with van der Waals surface area (Å²) in [4.78, 5) is 23.8. The molecule has 0 aliphatic carbocycles. The van der Waals surface area contributed by atoms with Gasteiger partial charge in [-0.05, 0) is 49.2 Å². The molecule has 0 aromatic heterocycles. The summed E-state index contributed by atoms with van der Waals surface area (Å²) >= 11 is 0. The molecule has 5 nitrogen and oxygen atoms in total. The first kappa shape index (κ1) is 21.5. The van der Waals surface area contributed by atoms with E-state index in [0.717, 1.165) is 16.6 Å². The van der Waals surface area contributed by atoms with Crippen molar-refractivity contribution in [2.75, 3.05) is 13.2 Å². The quantitative estimate of drug-likeness (QED) is 0.518. The van der Waals surface area contributed by atoms with Gasteiger partial charge in [-0.15, -0.1) is 0 Å². The van der Waals surface area contributed by atoms with Crippen LogP contribution in [0.4, 0.5) is 17.6 Å². The fraction of sp³-hybridized carbons (Fsp3) is 0.286. The predicted molar refractivity (Wildman–Crippen MR) is 100 cm³/mol. The largest absolute Gasteiger partial charge is 0.462 e. The summed E-state index contributed by atoms with van der Waals surface area (Å²) in [7, 11) is 0. The minimum Gasteiger partial charge on any atom is -0.462 e. The first-order valence-corrected chi connectivity index (χ1v) is 9.20. The Kier molecular flexibility index (Phi) is 6.19. The number of rotatable bonds is 6. The number of hydrazone groups is 1. The van der Waals surface area contributed by atoms with Gasteiger partial charge in [-0.1, -0.05) is 12.1 Å². The molecule has 0 unspecified atom stereocenters. The van der Waals surface area contributed by atoms with Gasteiger partial charge in [0.25, 0.3) is 0 Å². The highest BCUT2D eigenvalue weighted by atomic mass is 19.4. The number of hydrogen-bond donors (Lipinski definition) is 0. The normalized spacial score (nSPS) is 14.1. The molecule has 0 saturated heterocycles. The Morgan fingerprint density at radius 3 is 2.50 bits per heavy atom. The second-order valence-electron chi connectivity index (χ2n) is 6.60. The number of benzene rings is 2.